The Morgan fingerprint density at radius 2 is 1.38 bits per heavy atom. The first-order valence-electron chi connectivity index (χ1n) is 12.6. The van der Waals surface area contributed by atoms with Crippen molar-refractivity contribution in [2.24, 2.45) is 0 Å². The predicted molar refractivity (Wildman–Crippen MR) is 158 cm³/mol. The van der Waals surface area contributed by atoms with Crippen LogP contribution in [0.1, 0.15) is 23.6 Å². The maximum atomic E-state index is 14.1. The third kappa shape index (κ3) is 6.45. The van der Waals surface area contributed by atoms with Crippen molar-refractivity contribution in [3.05, 3.63) is 108 Å². The molecule has 1 heterocycles. The number of aryl methyl sites for hydroxylation is 2. The molecule has 2 atom stereocenters. The van der Waals surface area contributed by atoms with Crippen molar-refractivity contribution in [3.63, 3.8) is 0 Å². The van der Waals surface area contributed by atoms with Crippen molar-refractivity contribution in [2.45, 2.75) is 53.4 Å². The highest BCUT2D eigenvalue weighted by atomic mass is 32.2. The molecular formula is C29H32N2O6S3. The standard InChI is InChI=1S/C29H32N2O6S3/c1-21-9-13-26(14-10-21)39(34,35)30-17-24(20-32)28(18-30)31(40(36,37)27-15-11-22(2)12-16-27)19-29(23(3)33)38-25-7-5-4-6-8-25/h4-18,23,29,32-33H,19-20H2,1-3H3/t23-,29+/m0/s1. The van der Waals surface area contributed by atoms with Crippen LogP contribution in [0.3, 0.4) is 0 Å². The lowest BCUT2D eigenvalue weighted by molar-refractivity contribution is 0.193. The Balaban J connectivity index is 1.84. The number of aliphatic hydroxyl groups is 2. The summed E-state index contributed by atoms with van der Waals surface area (Å²) in [6, 6.07) is 21.9. The zero-order valence-electron chi connectivity index (χ0n) is 22.4. The number of anilines is 1. The number of hydrogen-bond acceptors (Lipinski definition) is 7. The molecular weight excluding hydrogens is 569 g/mol. The first-order chi connectivity index (χ1) is 18.9. The van der Waals surface area contributed by atoms with E-state index < -0.39 is 38.0 Å². The van der Waals surface area contributed by atoms with Gasteiger partial charge in [-0.3, -0.25) is 4.31 Å². The van der Waals surface area contributed by atoms with Gasteiger partial charge in [0.2, 0.25) is 0 Å². The Hall–Kier alpha value is -3.09. The fourth-order valence-electron chi connectivity index (χ4n) is 4.07. The smallest absolute Gasteiger partial charge is 0.267 e. The maximum Gasteiger partial charge on any atom is 0.267 e. The largest absolute Gasteiger partial charge is 0.392 e. The van der Waals surface area contributed by atoms with Crippen molar-refractivity contribution in [3.8, 4) is 0 Å². The van der Waals surface area contributed by atoms with Crippen LogP contribution in [-0.2, 0) is 26.7 Å². The SMILES string of the molecule is Cc1ccc(S(=O)(=O)N(C[C@@H](Sc2ccccc2)[C@H](C)O)c2cn(S(=O)(=O)c3ccc(C)cc3)cc2CO)cc1. The van der Waals surface area contributed by atoms with E-state index in [0.717, 1.165) is 24.3 Å². The zero-order chi connectivity index (χ0) is 29.1. The molecule has 0 fully saturated rings. The number of hydrogen-bond donors (Lipinski definition) is 2. The molecule has 0 saturated heterocycles. The van der Waals surface area contributed by atoms with Crippen molar-refractivity contribution < 1.29 is 27.0 Å². The molecule has 3 aromatic carbocycles. The molecule has 11 heteroatoms. The summed E-state index contributed by atoms with van der Waals surface area (Å²) in [6.45, 7) is 4.48. The van der Waals surface area contributed by atoms with Crippen LogP contribution in [0.15, 0.2) is 106 Å². The van der Waals surface area contributed by atoms with Crippen LogP contribution in [0, 0.1) is 13.8 Å². The van der Waals surface area contributed by atoms with Gasteiger partial charge in [-0.15, -0.1) is 11.8 Å². The van der Waals surface area contributed by atoms with Gasteiger partial charge in [0.05, 0.1) is 33.4 Å². The number of nitrogens with zero attached hydrogens (tertiary/aromatic N) is 2. The zero-order valence-corrected chi connectivity index (χ0v) is 24.8. The summed E-state index contributed by atoms with van der Waals surface area (Å²) < 4.78 is 57.1. The van der Waals surface area contributed by atoms with Gasteiger partial charge in [0.1, 0.15) is 0 Å². The highest BCUT2D eigenvalue weighted by Crippen LogP contribution is 2.34. The van der Waals surface area contributed by atoms with Crippen LogP contribution in [0.25, 0.3) is 0 Å². The first-order valence-corrected chi connectivity index (χ1v) is 16.3. The Kier molecular flexibility index (Phi) is 9.11. The minimum Gasteiger partial charge on any atom is -0.392 e. The number of sulfonamides is 1. The molecule has 0 saturated carbocycles. The van der Waals surface area contributed by atoms with Crippen molar-refractivity contribution in [1.82, 2.24) is 3.97 Å². The second kappa shape index (κ2) is 12.2. The lowest BCUT2D eigenvalue weighted by Crippen LogP contribution is -2.40. The van der Waals surface area contributed by atoms with E-state index in [9.17, 15) is 27.0 Å². The normalized spacial score (nSPS) is 13.6. The summed E-state index contributed by atoms with van der Waals surface area (Å²) in [5, 5.41) is 20.3. The average molecular weight is 601 g/mol. The summed E-state index contributed by atoms with van der Waals surface area (Å²) >= 11 is 1.31. The molecule has 212 valence electrons. The van der Waals surface area contributed by atoms with Gasteiger partial charge in [0.15, 0.2) is 0 Å². The van der Waals surface area contributed by atoms with Crippen molar-refractivity contribution in [1.29, 1.82) is 0 Å². The summed E-state index contributed by atoms with van der Waals surface area (Å²) in [7, 11) is -8.32. The molecule has 4 rings (SSSR count). The predicted octanol–water partition coefficient (Wildman–Crippen LogP) is 4.57. The first kappa shape index (κ1) is 29.9. The Labute approximate surface area is 240 Å². The fourth-order valence-corrected chi connectivity index (χ4v) is 7.99. The van der Waals surface area contributed by atoms with Gasteiger partial charge in [0, 0.05) is 29.4 Å². The number of aliphatic hydroxyl groups excluding tert-OH is 2. The van der Waals surface area contributed by atoms with E-state index in [1.165, 1.54) is 48.4 Å². The van der Waals surface area contributed by atoms with E-state index in [1.807, 2.05) is 44.2 Å². The molecule has 2 N–H and O–H groups in total. The van der Waals surface area contributed by atoms with Gasteiger partial charge in [-0.1, -0.05) is 53.6 Å². The summed E-state index contributed by atoms with van der Waals surface area (Å²) in [5.41, 5.74) is 1.88. The Morgan fingerprint density at radius 3 is 1.90 bits per heavy atom. The molecule has 0 spiro atoms. The number of aromatic nitrogens is 1. The van der Waals surface area contributed by atoms with Crippen LogP contribution in [0.5, 0.6) is 0 Å². The molecule has 40 heavy (non-hydrogen) atoms. The van der Waals surface area contributed by atoms with E-state index in [4.69, 9.17) is 0 Å². The molecule has 0 unspecified atom stereocenters. The van der Waals surface area contributed by atoms with E-state index in [-0.39, 0.29) is 27.6 Å². The molecule has 0 amide bonds. The van der Waals surface area contributed by atoms with Gasteiger partial charge in [-0.25, -0.2) is 20.8 Å². The van der Waals surface area contributed by atoms with Crippen LogP contribution in [0.4, 0.5) is 5.69 Å². The third-order valence-electron chi connectivity index (χ3n) is 6.42. The second-order valence-electron chi connectivity index (χ2n) is 9.53. The molecule has 0 aliphatic carbocycles. The Bertz CT molecular complexity index is 1650. The quantitative estimate of drug-likeness (QED) is 0.242. The number of rotatable bonds is 11. The summed E-state index contributed by atoms with van der Waals surface area (Å²) in [5.74, 6) is 0. The van der Waals surface area contributed by atoms with E-state index in [1.54, 1.807) is 31.2 Å². The van der Waals surface area contributed by atoms with Crippen LogP contribution >= 0.6 is 11.8 Å². The van der Waals surface area contributed by atoms with E-state index in [2.05, 4.69) is 0 Å². The summed E-state index contributed by atoms with van der Waals surface area (Å²) in [6.07, 6.45) is 1.51. The van der Waals surface area contributed by atoms with Crippen molar-refractivity contribution in [2.75, 3.05) is 10.8 Å². The molecule has 4 aromatic rings. The van der Waals surface area contributed by atoms with Crippen LogP contribution in [-0.4, -0.2) is 48.9 Å². The molecule has 1 aromatic heterocycles. The average Bonchev–Trinajstić information content (AvgIpc) is 3.36. The van der Waals surface area contributed by atoms with Crippen LogP contribution in [0.2, 0.25) is 0 Å². The molecule has 0 aliphatic heterocycles. The van der Waals surface area contributed by atoms with Gasteiger partial charge in [-0.2, -0.15) is 0 Å². The van der Waals surface area contributed by atoms with E-state index in [0.29, 0.717) is 0 Å². The van der Waals surface area contributed by atoms with Crippen LogP contribution < -0.4 is 4.31 Å². The van der Waals surface area contributed by atoms with E-state index >= 15 is 0 Å². The minimum atomic E-state index is -4.24. The van der Waals surface area contributed by atoms with Gasteiger partial charge >= 0.3 is 0 Å². The molecule has 0 aliphatic rings. The monoisotopic (exact) mass is 600 g/mol. The van der Waals surface area contributed by atoms with Gasteiger partial charge in [0.25, 0.3) is 20.0 Å². The highest BCUT2D eigenvalue weighted by molar-refractivity contribution is 8.00. The van der Waals surface area contributed by atoms with Crippen molar-refractivity contribution >= 4 is 37.5 Å². The summed E-state index contributed by atoms with van der Waals surface area (Å²) in [4.78, 5) is 0.867. The molecule has 0 bridgehead atoms. The lowest BCUT2D eigenvalue weighted by Gasteiger charge is -2.30. The fraction of sp³-hybridized carbons (Fsp3) is 0.241. The maximum absolute atomic E-state index is 14.1. The lowest BCUT2D eigenvalue weighted by atomic mass is 10.2. The number of thioether (sulfide) groups is 1. The molecule has 0 radical (unpaired) electrons. The third-order valence-corrected chi connectivity index (χ3v) is 11.2. The van der Waals surface area contributed by atoms with Gasteiger partial charge < -0.3 is 10.2 Å². The number of benzene rings is 3. The minimum absolute atomic E-state index is 0.00480. The highest BCUT2D eigenvalue weighted by Gasteiger charge is 2.33. The van der Waals surface area contributed by atoms with Gasteiger partial charge in [-0.05, 0) is 57.2 Å². The second-order valence-corrected chi connectivity index (χ2v) is 14.6. The topological polar surface area (TPSA) is 117 Å². The Morgan fingerprint density at radius 1 is 0.825 bits per heavy atom. The molecule has 8 nitrogen and oxygen atoms in total.